The summed E-state index contributed by atoms with van der Waals surface area (Å²) in [5.41, 5.74) is 5.15. The molecule has 1 saturated heterocycles. The molecule has 1 aliphatic carbocycles. The van der Waals surface area contributed by atoms with Gasteiger partial charge in [-0.25, -0.2) is 4.79 Å². The van der Waals surface area contributed by atoms with E-state index in [0.29, 0.717) is 12.3 Å². The standard InChI is InChI=1S/C12H16N4O2/c13-10-3-4-16(12(18)15-10)9-2-1-7-5-8(9)14-11(17)6-7/h3-4,7-9H,1-2,5-6H2,(H,14,17)(H2,13,15,18)/t7-,8+,9-/m1/s1. The van der Waals surface area contributed by atoms with Crippen LogP contribution in [0.15, 0.2) is 17.1 Å². The van der Waals surface area contributed by atoms with E-state index in [0.717, 1.165) is 19.3 Å². The molecule has 2 aliphatic rings. The van der Waals surface area contributed by atoms with Crippen LogP contribution in [0.3, 0.4) is 0 Å². The summed E-state index contributed by atoms with van der Waals surface area (Å²) in [5.74, 6) is 0.799. The minimum atomic E-state index is -0.335. The number of nitrogens with one attached hydrogen (secondary N) is 1. The molecule has 3 N–H and O–H groups in total. The van der Waals surface area contributed by atoms with Crippen LogP contribution in [0.5, 0.6) is 0 Å². The van der Waals surface area contributed by atoms with Crippen molar-refractivity contribution >= 4 is 11.7 Å². The number of carbonyl (C=O) groups is 1. The summed E-state index contributed by atoms with van der Waals surface area (Å²) in [6, 6.07) is 1.68. The molecule has 3 atom stereocenters. The van der Waals surface area contributed by atoms with E-state index in [1.54, 1.807) is 16.8 Å². The summed E-state index contributed by atoms with van der Waals surface area (Å²) < 4.78 is 1.60. The van der Waals surface area contributed by atoms with E-state index in [4.69, 9.17) is 5.73 Å². The summed E-state index contributed by atoms with van der Waals surface area (Å²) in [7, 11) is 0. The van der Waals surface area contributed by atoms with Crippen molar-refractivity contribution < 1.29 is 4.79 Å². The Kier molecular flexibility index (Phi) is 2.57. The Bertz CT molecular complexity index is 539. The molecule has 2 bridgehead atoms. The Morgan fingerprint density at radius 3 is 3.00 bits per heavy atom. The lowest BCUT2D eigenvalue weighted by molar-refractivity contribution is -0.126. The number of amides is 1. The van der Waals surface area contributed by atoms with Crippen LogP contribution < -0.4 is 16.7 Å². The van der Waals surface area contributed by atoms with E-state index in [9.17, 15) is 9.59 Å². The predicted molar refractivity (Wildman–Crippen MR) is 65.8 cm³/mol. The van der Waals surface area contributed by atoms with Gasteiger partial charge in [0.05, 0.1) is 6.04 Å². The number of anilines is 1. The smallest absolute Gasteiger partial charge is 0.349 e. The second-order valence-electron chi connectivity index (χ2n) is 5.17. The fourth-order valence-corrected chi connectivity index (χ4v) is 3.12. The van der Waals surface area contributed by atoms with E-state index in [-0.39, 0.29) is 29.5 Å². The van der Waals surface area contributed by atoms with Gasteiger partial charge in [0, 0.05) is 18.7 Å². The highest BCUT2D eigenvalue weighted by molar-refractivity contribution is 5.77. The monoisotopic (exact) mass is 248 g/mol. The van der Waals surface area contributed by atoms with Crippen molar-refractivity contribution in [2.45, 2.75) is 37.8 Å². The molecular formula is C12H16N4O2. The molecule has 1 aliphatic heterocycles. The van der Waals surface area contributed by atoms with Crippen LogP contribution in [0.25, 0.3) is 0 Å². The van der Waals surface area contributed by atoms with Crippen LogP contribution in [-0.4, -0.2) is 21.5 Å². The van der Waals surface area contributed by atoms with Crippen molar-refractivity contribution in [3.05, 3.63) is 22.7 Å². The summed E-state index contributed by atoms with van der Waals surface area (Å²) in [6.45, 7) is 0. The number of nitrogen functional groups attached to an aromatic ring is 1. The van der Waals surface area contributed by atoms with Gasteiger partial charge < -0.3 is 11.1 Å². The summed E-state index contributed by atoms with van der Waals surface area (Å²) >= 11 is 0. The molecule has 6 heteroatoms. The van der Waals surface area contributed by atoms with E-state index < -0.39 is 0 Å². The fraction of sp³-hybridized carbons (Fsp3) is 0.583. The zero-order valence-electron chi connectivity index (χ0n) is 10.0. The van der Waals surface area contributed by atoms with Crippen LogP contribution in [0, 0.1) is 5.92 Å². The van der Waals surface area contributed by atoms with Gasteiger partial charge in [-0.15, -0.1) is 0 Å². The predicted octanol–water partition coefficient (Wildman–Crippen LogP) is 0.0552. The number of aromatic nitrogens is 2. The molecule has 1 aromatic rings. The Hall–Kier alpha value is -1.85. The van der Waals surface area contributed by atoms with Gasteiger partial charge in [0.15, 0.2) is 0 Å². The SMILES string of the molecule is Nc1ccn([C@@H]2CC[C@H]3CC(=O)N[C@H]2C3)c(=O)n1. The van der Waals surface area contributed by atoms with Crippen molar-refractivity contribution in [2.75, 3.05) is 5.73 Å². The molecular weight excluding hydrogens is 232 g/mol. The number of nitrogens with zero attached hydrogens (tertiary/aromatic N) is 2. The maximum absolute atomic E-state index is 11.8. The number of carbonyl (C=O) groups excluding carboxylic acids is 1. The number of piperidine rings is 1. The van der Waals surface area contributed by atoms with Crippen molar-refractivity contribution in [2.24, 2.45) is 5.92 Å². The molecule has 3 rings (SSSR count). The average molecular weight is 248 g/mol. The van der Waals surface area contributed by atoms with E-state index in [1.807, 2.05) is 0 Å². The molecule has 18 heavy (non-hydrogen) atoms. The van der Waals surface area contributed by atoms with Crippen molar-refractivity contribution in [1.29, 1.82) is 0 Å². The van der Waals surface area contributed by atoms with Crippen molar-refractivity contribution in [3.8, 4) is 0 Å². The molecule has 0 unspecified atom stereocenters. The lowest BCUT2D eigenvalue weighted by Gasteiger charge is -2.40. The largest absolute Gasteiger partial charge is 0.383 e. The molecule has 96 valence electrons. The second kappa shape index (κ2) is 4.12. The topological polar surface area (TPSA) is 90.0 Å². The number of hydrogen-bond acceptors (Lipinski definition) is 4. The molecule has 1 aromatic heterocycles. The molecule has 2 fully saturated rings. The maximum atomic E-state index is 11.8. The van der Waals surface area contributed by atoms with Crippen LogP contribution >= 0.6 is 0 Å². The van der Waals surface area contributed by atoms with Gasteiger partial charge in [0.2, 0.25) is 5.91 Å². The number of fused-ring (bicyclic) bond motifs is 2. The number of rotatable bonds is 1. The first kappa shape index (κ1) is 11.3. The van der Waals surface area contributed by atoms with Crippen LogP contribution in [-0.2, 0) is 4.79 Å². The first-order valence-electron chi connectivity index (χ1n) is 6.27. The lowest BCUT2D eigenvalue weighted by atomic mass is 9.77. The van der Waals surface area contributed by atoms with Crippen LogP contribution in [0.1, 0.15) is 31.7 Å². The molecule has 6 nitrogen and oxygen atoms in total. The second-order valence-corrected chi connectivity index (χ2v) is 5.17. The Labute approximate surface area is 104 Å². The lowest BCUT2D eigenvalue weighted by Crippen LogP contribution is -2.51. The van der Waals surface area contributed by atoms with Gasteiger partial charge in [0.1, 0.15) is 5.82 Å². The van der Waals surface area contributed by atoms with Gasteiger partial charge in [-0.1, -0.05) is 0 Å². The zero-order chi connectivity index (χ0) is 12.7. The Morgan fingerprint density at radius 1 is 1.39 bits per heavy atom. The molecule has 0 spiro atoms. The molecule has 0 radical (unpaired) electrons. The quantitative estimate of drug-likeness (QED) is 0.735. The van der Waals surface area contributed by atoms with E-state index in [2.05, 4.69) is 10.3 Å². The summed E-state index contributed by atoms with van der Waals surface area (Å²) in [6.07, 6.45) is 5.15. The molecule has 1 saturated carbocycles. The van der Waals surface area contributed by atoms with E-state index in [1.165, 1.54) is 0 Å². The highest BCUT2D eigenvalue weighted by atomic mass is 16.2. The van der Waals surface area contributed by atoms with Gasteiger partial charge in [-0.05, 0) is 31.2 Å². The first-order valence-corrected chi connectivity index (χ1v) is 6.27. The normalized spacial score (nSPS) is 30.9. The fourth-order valence-electron chi connectivity index (χ4n) is 3.12. The Balaban J connectivity index is 1.92. The molecule has 2 heterocycles. The van der Waals surface area contributed by atoms with Crippen LogP contribution in [0.2, 0.25) is 0 Å². The summed E-state index contributed by atoms with van der Waals surface area (Å²) in [5, 5.41) is 2.98. The summed E-state index contributed by atoms with van der Waals surface area (Å²) in [4.78, 5) is 27.1. The first-order chi connectivity index (χ1) is 8.63. The van der Waals surface area contributed by atoms with E-state index >= 15 is 0 Å². The third-order valence-corrected chi connectivity index (χ3v) is 3.95. The minimum Gasteiger partial charge on any atom is -0.383 e. The highest BCUT2D eigenvalue weighted by Gasteiger charge is 2.37. The van der Waals surface area contributed by atoms with Crippen molar-refractivity contribution in [3.63, 3.8) is 0 Å². The highest BCUT2D eigenvalue weighted by Crippen LogP contribution is 2.36. The van der Waals surface area contributed by atoms with Crippen molar-refractivity contribution in [1.82, 2.24) is 14.9 Å². The van der Waals surface area contributed by atoms with Gasteiger partial charge in [-0.2, -0.15) is 4.98 Å². The third-order valence-electron chi connectivity index (χ3n) is 3.95. The van der Waals surface area contributed by atoms with Gasteiger partial charge in [-0.3, -0.25) is 9.36 Å². The maximum Gasteiger partial charge on any atom is 0.349 e. The van der Waals surface area contributed by atoms with Crippen LogP contribution in [0.4, 0.5) is 5.82 Å². The van der Waals surface area contributed by atoms with Gasteiger partial charge >= 0.3 is 5.69 Å². The number of nitrogens with two attached hydrogens (primary N) is 1. The third kappa shape index (κ3) is 1.87. The molecule has 0 aromatic carbocycles. The number of hydrogen-bond donors (Lipinski definition) is 2. The molecule has 1 amide bonds. The Morgan fingerprint density at radius 2 is 2.22 bits per heavy atom. The zero-order valence-corrected chi connectivity index (χ0v) is 10.0. The van der Waals surface area contributed by atoms with Gasteiger partial charge in [0.25, 0.3) is 0 Å². The average Bonchev–Trinajstić information content (AvgIpc) is 2.30. The minimum absolute atomic E-state index is 0.00565.